The van der Waals surface area contributed by atoms with Gasteiger partial charge in [0.25, 0.3) is 5.91 Å². The smallest absolute Gasteiger partial charge is 0.269 e. The molecule has 5 nitrogen and oxygen atoms in total. The van der Waals surface area contributed by atoms with Gasteiger partial charge in [0.1, 0.15) is 10.7 Å². The van der Waals surface area contributed by atoms with Crippen molar-refractivity contribution in [2.24, 2.45) is 4.99 Å². The van der Waals surface area contributed by atoms with E-state index in [-0.39, 0.29) is 5.91 Å². The summed E-state index contributed by atoms with van der Waals surface area (Å²) in [5.41, 5.74) is 3.10. The molecular weight excluding hydrogens is 498 g/mol. The van der Waals surface area contributed by atoms with Crippen molar-refractivity contribution < 1.29 is 9.53 Å². The molecule has 37 heavy (non-hydrogen) atoms. The van der Waals surface area contributed by atoms with Crippen LogP contribution in [0.3, 0.4) is 0 Å². The molecule has 0 atom stereocenters. The summed E-state index contributed by atoms with van der Waals surface area (Å²) >= 11 is 3.08. The third-order valence-electron chi connectivity index (χ3n) is 6.55. The summed E-state index contributed by atoms with van der Waals surface area (Å²) in [5.74, 6) is 0.791. The first-order chi connectivity index (χ1) is 18.1. The summed E-state index contributed by atoms with van der Waals surface area (Å²) in [6, 6.07) is 30.6. The van der Waals surface area contributed by atoms with Crippen LogP contribution >= 0.6 is 23.5 Å². The van der Waals surface area contributed by atoms with Crippen LogP contribution in [0, 0.1) is 0 Å². The first kappa shape index (κ1) is 23.7. The number of aliphatic imine (C=N–C) groups is 1. The monoisotopic (exact) mass is 523 g/mol. The van der Waals surface area contributed by atoms with E-state index in [2.05, 4.69) is 35.2 Å². The van der Waals surface area contributed by atoms with Crippen LogP contribution in [0.15, 0.2) is 111 Å². The van der Waals surface area contributed by atoms with Crippen molar-refractivity contribution in [2.45, 2.75) is 11.3 Å². The lowest BCUT2D eigenvalue weighted by atomic mass is 10.1. The van der Waals surface area contributed by atoms with Crippen LogP contribution in [0.1, 0.15) is 5.56 Å². The molecule has 0 bridgehead atoms. The maximum atomic E-state index is 13.9. The Morgan fingerprint density at radius 1 is 0.892 bits per heavy atom. The molecule has 4 aromatic carbocycles. The van der Waals surface area contributed by atoms with Gasteiger partial charge >= 0.3 is 0 Å². The highest BCUT2D eigenvalue weighted by Crippen LogP contribution is 2.51. The molecule has 0 N–H and O–H groups in total. The second-order valence-corrected chi connectivity index (χ2v) is 10.8. The highest BCUT2D eigenvalue weighted by atomic mass is 32.2. The number of carbonyl (C=O) groups excluding carboxylic acids is 1. The number of thioether (sulfide) groups is 2. The molecule has 0 saturated carbocycles. The Kier molecular flexibility index (Phi) is 6.40. The molecule has 1 saturated heterocycles. The van der Waals surface area contributed by atoms with E-state index in [1.54, 1.807) is 18.9 Å². The van der Waals surface area contributed by atoms with Gasteiger partial charge in [0, 0.05) is 29.9 Å². The average molecular weight is 524 g/mol. The Morgan fingerprint density at radius 2 is 1.68 bits per heavy atom. The van der Waals surface area contributed by atoms with Crippen molar-refractivity contribution >= 4 is 56.7 Å². The van der Waals surface area contributed by atoms with Crippen molar-refractivity contribution in [3.8, 4) is 5.75 Å². The van der Waals surface area contributed by atoms with Crippen molar-refractivity contribution in [3.05, 3.63) is 106 Å². The third kappa shape index (κ3) is 4.49. The maximum Gasteiger partial charge on any atom is 0.269 e. The van der Waals surface area contributed by atoms with Crippen LogP contribution in [0.5, 0.6) is 5.75 Å². The standard InChI is InChI=1S/C30H25N3O2S2/c1-32-25-19-22(35-2)15-16-26(25)36-29(32)27-28(34)33(18-17-20-9-4-3-5-10-20)30(37-27)31-24-14-8-12-21-11-6-7-13-23(21)24/h3-16,19H,17-18H2,1-2H3/b29-27-,31-30?. The number of fused-ring (bicyclic) bond motifs is 2. The lowest BCUT2D eigenvalue weighted by Gasteiger charge is -2.17. The molecule has 7 heteroatoms. The summed E-state index contributed by atoms with van der Waals surface area (Å²) < 4.78 is 5.43. The zero-order chi connectivity index (χ0) is 25.4. The van der Waals surface area contributed by atoms with Gasteiger partial charge in [-0.15, -0.1) is 0 Å². The molecule has 0 aliphatic carbocycles. The minimum Gasteiger partial charge on any atom is -0.497 e. The fourth-order valence-corrected chi connectivity index (χ4v) is 6.91. The second kappa shape index (κ2) is 10.00. The zero-order valence-electron chi connectivity index (χ0n) is 20.5. The van der Waals surface area contributed by atoms with Crippen molar-refractivity contribution in [2.75, 3.05) is 25.6 Å². The average Bonchev–Trinajstić information content (AvgIpc) is 3.43. The van der Waals surface area contributed by atoms with E-state index in [4.69, 9.17) is 9.73 Å². The maximum absolute atomic E-state index is 13.9. The first-order valence-electron chi connectivity index (χ1n) is 12.1. The molecule has 1 amide bonds. The Balaban J connectivity index is 1.40. The van der Waals surface area contributed by atoms with Gasteiger partial charge < -0.3 is 9.64 Å². The van der Waals surface area contributed by atoms with Crippen LogP contribution in [-0.4, -0.2) is 36.7 Å². The largest absolute Gasteiger partial charge is 0.497 e. The number of nitrogens with zero attached hydrogens (tertiary/aromatic N) is 3. The fraction of sp³-hybridized carbons (Fsp3) is 0.133. The molecule has 0 radical (unpaired) electrons. The van der Waals surface area contributed by atoms with Gasteiger partial charge in [-0.05, 0) is 47.3 Å². The number of methoxy groups -OCH3 is 1. The van der Waals surface area contributed by atoms with E-state index in [1.165, 1.54) is 17.3 Å². The first-order valence-corrected chi connectivity index (χ1v) is 13.7. The Morgan fingerprint density at radius 3 is 2.51 bits per heavy atom. The minimum absolute atomic E-state index is 0.00552. The lowest BCUT2D eigenvalue weighted by molar-refractivity contribution is -0.122. The van der Waals surface area contributed by atoms with Crippen molar-refractivity contribution in [1.82, 2.24) is 4.90 Å². The third-order valence-corrected chi connectivity index (χ3v) is 8.98. The number of ether oxygens (including phenoxy) is 1. The van der Waals surface area contributed by atoms with Gasteiger partial charge in [-0.25, -0.2) is 4.99 Å². The van der Waals surface area contributed by atoms with Gasteiger partial charge in [0.05, 0.1) is 23.5 Å². The zero-order valence-corrected chi connectivity index (χ0v) is 22.2. The molecule has 2 aliphatic rings. The van der Waals surface area contributed by atoms with Gasteiger partial charge in [0.15, 0.2) is 5.17 Å². The molecule has 184 valence electrons. The SMILES string of the molecule is COc1ccc2c(c1)N(C)/C(=C1/SC(=Nc3cccc4ccccc34)N(CCc3ccccc3)C1=O)S2. The topological polar surface area (TPSA) is 45.1 Å². The summed E-state index contributed by atoms with van der Waals surface area (Å²) in [6.45, 7) is 0.561. The predicted octanol–water partition coefficient (Wildman–Crippen LogP) is 7.07. The number of hydrogen-bond donors (Lipinski definition) is 0. The number of benzene rings is 4. The van der Waals surface area contributed by atoms with Crippen LogP contribution in [-0.2, 0) is 11.2 Å². The molecule has 2 aliphatic heterocycles. The Hall–Kier alpha value is -3.68. The van der Waals surface area contributed by atoms with E-state index in [0.29, 0.717) is 16.6 Å². The quantitative estimate of drug-likeness (QED) is 0.262. The molecule has 0 spiro atoms. The number of amides is 1. The Labute approximate surface area is 224 Å². The van der Waals surface area contributed by atoms with E-state index in [0.717, 1.165) is 44.2 Å². The number of rotatable bonds is 5. The molecule has 2 heterocycles. The molecule has 6 rings (SSSR count). The number of amidine groups is 1. The van der Waals surface area contributed by atoms with Crippen LogP contribution < -0.4 is 9.64 Å². The highest BCUT2D eigenvalue weighted by Gasteiger charge is 2.39. The summed E-state index contributed by atoms with van der Waals surface area (Å²) in [6.07, 6.45) is 0.755. The number of anilines is 1. The minimum atomic E-state index is -0.00552. The fourth-order valence-electron chi connectivity index (χ4n) is 4.56. The van der Waals surface area contributed by atoms with Crippen molar-refractivity contribution in [3.63, 3.8) is 0 Å². The molecule has 0 aromatic heterocycles. The van der Waals surface area contributed by atoms with Gasteiger partial charge in [-0.3, -0.25) is 9.69 Å². The highest BCUT2D eigenvalue weighted by molar-refractivity contribution is 8.19. The molecule has 0 unspecified atom stereocenters. The van der Waals surface area contributed by atoms with Crippen molar-refractivity contribution in [1.29, 1.82) is 0 Å². The summed E-state index contributed by atoms with van der Waals surface area (Å²) in [7, 11) is 3.67. The van der Waals surface area contributed by atoms with Gasteiger partial charge in [0.2, 0.25) is 0 Å². The number of carbonyl (C=O) groups is 1. The second-order valence-electron chi connectivity index (χ2n) is 8.82. The number of hydrogen-bond acceptors (Lipinski definition) is 6. The van der Waals surface area contributed by atoms with E-state index in [9.17, 15) is 4.79 Å². The van der Waals surface area contributed by atoms with E-state index >= 15 is 0 Å². The molecular formula is C30H25N3O2S2. The normalized spacial score (nSPS) is 18.2. The lowest BCUT2D eigenvalue weighted by Crippen LogP contribution is -2.31. The van der Waals surface area contributed by atoms with Gasteiger partial charge in [-0.2, -0.15) is 0 Å². The Bertz CT molecular complexity index is 1560. The summed E-state index contributed by atoms with van der Waals surface area (Å²) in [4.78, 5) is 24.7. The summed E-state index contributed by atoms with van der Waals surface area (Å²) in [5, 5.41) is 3.83. The molecule has 1 fully saturated rings. The van der Waals surface area contributed by atoms with Crippen LogP contribution in [0.25, 0.3) is 10.8 Å². The predicted molar refractivity (Wildman–Crippen MR) is 155 cm³/mol. The van der Waals surface area contributed by atoms with E-state index in [1.807, 2.05) is 72.6 Å². The van der Waals surface area contributed by atoms with E-state index < -0.39 is 0 Å². The van der Waals surface area contributed by atoms with Crippen LogP contribution in [0.2, 0.25) is 0 Å². The molecule has 4 aromatic rings. The van der Waals surface area contributed by atoms with Gasteiger partial charge in [-0.1, -0.05) is 78.5 Å². The van der Waals surface area contributed by atoms with Crippen LogP contribution in [0.4, 0.5) is 11.4 Å².